The maximum absolute atomic E-state index is 12.3. The smallest absolute Gasteiger partial charge is 0.410 e. The van der Waals surface area contributed by atoms with E-state index in [-0.39, 0.29) is 17.9 Å². The summed E-state index contributed by atoms with van der Waals surface area (Å²) < 4.78 is 5.36. The van der Waals surface area contributed by atoms with Crippen LogP contribution in [-0.2, 0) is 9.53 Å². The largest absolute Gasteiger partial charge is 0.444 e. The van der Waals surface area contributed by atoms with Crippen LogP contribution in [-0.4, -0.2) is 35.6 Å². The average molecular weight is 328 g/mol. The van der Waals surface area contributed by atoms with Crippen LogP contribution in [0.3, 0.4) is 0 Å². The predicted molar refractivity (Wildman–Crippen MR) is 93.5 cm³/mol. The van der Waals surface area contributed by atoms with E-state index >= 15 is 0 Å². The number of likely N-dealkylation sites (tertiary alicyclic amines) is 1. The van der Waals surface area contributed by atoms with Crippen molar-refractivity contribution in [2.24, 2.45) is 5.92 Å². The van der Waals surface area contributed by atoms with Crippen LogP contribution in [0.5, 0.6) is 0 Å². The molecule has 1 N–H and O–H groups in total. The van der Waals surface area contributed by atoms with Gasteiger partial charge in [0.15, 0.2) is 0 Å². The Morgan fingerprint density at radius 2 is 1.79 bits per heavy atom. The van der Waals surface area contributed by atoms with E-state index in [1.165, 1.54) is 0 Å². The fourth-order valence-electron chi connectivity index (χ4n) is 2.54. The zero-order chi connectivity index (χ0) is 17.7. The lowest BCUT2D eigenvalue weighted by atomic mass is 9.96. The molecule has 1 aliphatic rings. The van der Waals surface area contributed by atoms with E-state index in [2.05, 4.69) is 11.2 Å². The van der Waals surface area contributed by atoms with Crippen molar-refractivity contribution in [2.45, 2.75) is 39.2 Å². The van der Waals surface area contributed by atoms with Crippen LogP contribution < -0.4 is 5.32 Å². The molecule has 2 amide bonds. The Labute approximate surface area is 143 Å². The van der Waals surface area contributed by atoms with Gasteiger partial charge in [-0.05, 0) is 57.9 Å². The summed E-state index contributed by atoms with van der Waals surface area (Å²) in [7, 11) is 0. The molecule has 1 aromatic rings. The number of carbonyl (C=O) groups is 2. The summed E-state index contributed by atoms with van der Waals surface area (Å²) in [4.78, 5) is 26.0. The highest BCUT2D eigenvalue weighted by molar-refractivity contribution is 5.92. The fraction of sp³-hybridized carbons (Fsp3) is 0.474. The van der Waals surface area contributed by atoms with Gasteiger partial charge in [-0.15, -0.1) is 6.42 Å². The molecule has 0 unspecified atom stereocenters. The van der Waals surface area contributed by atoms with E-state index in [1.807, 2.05) is 20.8 Å². The molecule has 0 saturated carbocycles. The molecule has 128 valence electrons. The minimum Gasteiger partial charge on any atom is -0.444 e. The number of nitrogens with zero attached hydrogens (tertiary/aromatic N) is 1. The number of terminal acetylenes is 1. The average Bonchev–Trinajstić information content (AvgIpc) is 2.54. The van der Waals surface area contributed by atoms with Crippen LogP contribution in [0.4, 0.5) is 10.5 Å². The molecule has 1 aromatic carbocycles. The fourth-order valence-corrected chi connectivity index (χ4v) is 2.54. The molecule has 5 nitrogen and oxygen atoms in total. The first-order chi connectivity index (χ1) is 11.3. The number of hydrogen-bond donors (Lipinski definition) is 1. The van der Waals surface area contributed by atoms with Gasteiger partial charge in [-0.3, -0.25) is 4.79 Å². The molecule has 24 heavy (non-hydrogen) atoms. The summed E-state index contributed by atoms with van der Waals surface area (Å²) in [6.07, 6.45) is 6.27. The molecule has 0 aromatic heterocycles. The number of anilines is 1. The normalized spacial score (nSPS) is 15.5. The third kappa shape index (κ3) is 5.02. The molecule has 1 saturated heterocycles. The second-order valence-electron chi connectivity index (χ2n) is 6.95. The van der Waals surface area contributed by atoms with Gasteiger partial charge in [-0.2, -0.15) is 0 Å². The Morgan fingerprint density at radius 3 is 2.29 bits per heavy atom. The minimum atomic E-state index is -0.504. The molecule has 2 rings (SSSR count). The first-order valence-electron chi connectivity index (χ1n) is 8.14. The lowest BCUT2D eigenvalue weighted by molar-refractivity contribution is -0.121. The zero-order valence-corrected chi connectivity index (χ0v) is 14.5. The van der Waals surface area contributed by atoms with Crippen molar-refractivity contribution in [3.63, 3.8) is 0 Å². The highest BCUT2D eigenvalue weighted by Gasteiger charge is 2.29. The van der Waals surface area contributed by atoms with E-state index < -0.39 is 5.60 Å². The summed E-state index contributed by atoms with van der Waals surface area (Å²) in [5, 5.41) is 2.90. The summed E-state index contributed by atoms with van der Waals surface area (Å²) in [5.41, 5.74) is 1.00. The number of carbonyl (C=O) groups excluding carboxylic acids is 2. The third-order valence-electron chi connectivity index (χ3n) is 3.84. The van der Waals surface area contributed by atoms with Gasteiger partial charge in [0, 0.05) is 30.3 Å². The van der Waals surface area contributed by atoms with Crippen molar-refractivity contribution in [3.05, 3.63) is 29.8 Å². The van der Waals surface area contributed by atoms with Gasteiger partial charge >= 0.3 is 6.09 Å². The summed E-state index contributed by atoms with van der Waals surface area (Å²) >= 11 is 0. The molecule has 1 fully saturated rings. The van der Waals surface area contributed by atoms with E-state index in [0.29, 0.717) is 25.9 Å². The first kappa shape index (κ1) is 17.9. The van der Waals surface area contributed by atoms with Crippen molar-refractivity contribution < 1.29 is 14.3 Å². The molecule has 1 heterocycles. The van der Waals surface area contributed by atoms with Gasteiger partial charge in [0.2, 0.25) is 5.91 Å². The maximum Gasteiger partial charge on any atom is 0.410 e. The van der Waals surface area contributed by atoms with Crippen molar-refractivity contribution in [2.75, 3.05) is 18.4 Å². The van der Waals surface area contributed by atoms with Crippen LogP contribution >= 0.6 is 0 Å². The van der Waals surface area contributed by atoms with Crippen molar-refractivity contribution in [1.29, 1.82) is 0 Å². The lowest BCUT2D eigenvalue weighted by Gasteiger charge is -2.32. The van der Waals surface area contributed by atoms with Crippen LogP contribution in [0.15, 0.2) is 24.3 Å². The number of hydrogen-bond acceptors (Lipinski definition) is 3. The lowest BCUT2D eigenvalue weighted by Crippen LogP contribution is -2.43. The van der Waals surface area contributed by atoms with Crippen molar-refractivity contribution in [1.82, 2.24) is 4.90 Å². The molecule has 1 aliphatic heterocycles. The van der Waals surface area contributed by atoms with Gasteiger partial charge in [0.1, 0.15) is 5.60 Å². The number of rotatable bonds is 2. The minimum absolute atomic E-state index is 0.0210. The summed E-state index contributed by atoms with van der Waals surface area (Å²) in [6, 6.07) is 7.17. The molecular weight excluding hydrogens is 304 g/mol. The van der Waals surface area contributed by atoms with Crippen LogP contribution in [0.1, 0.15) is 39.2 Å². The van der Waals surface area contributed by atoms with Crippen LogP contribution in [0.2, 0.25) is 0 Å². The molecule has 0 aliphatic carbocycles. The molecule has 0 bridgehead atoms. The van der Waals surface area contributed by atoms with Crippen LogP contribution in [0.25, 0.3) is 0 Å². The maximum atomic E-state index is 12.3. The van der Waals surface area contributed by atoms with E-state index in [4.69, 9.17) is 11.2 Å². The molecule has 0 atom stereocenters. The highest BCUT2D eigenvalue weighted by atomic mass is 16.6. The van der Waals surface area contributed by atoms with Gasteiger partial charge in [-0.25, -0.2) is 4.79 Å². The molecule has 0 radical (unpaired) electrons. The first-order valence-corrected chi connectivity index (χ1v) is 8.14. The van der Waals surface area contributed by atoms with Gasteiger partial charge in [0.05, 0.1) is 0 Å². The number of nitrogens with one attached hydrogen (secondary N) is 1. The Morgan fingerprint density at radius 1 is 1.21 bits per heavy atom. The highest BCUT2D eigenvalue weighted by Crippen LogP contribution is 2.21. The number of piperidine rings is 1. The van der Waals surface area contributed by atoms with E-state index in [1.54, 1.807) is 29.2 Å². The Kier molecular flexibility index (Phi) is 5.50. The Hall–Kier alpha value is -2.48. The number of benzene rings is 1. The molecular formula is C19H24N2O3. The molecule has 5 heteroatoms. The summed E-state index contributed by atoms with van der Waals surface area (Å²) in [6.45, 7) is 6.59. The quantitative estimate of drug-likeness (QED) is 0.848. The second-order valence-corrected chi connectivity index (χ2v) is 6.95. The van der Waals surface area contributed by atoms with Crippen molar-refractivity contribution in [3.8, 4) is 12.3 Å². The standard InChI is InChI=1S/C19H24N2O3/c1-5-14-6-8-16(9-7-14)20-17(22)15-10-12-21(13-11-15)18(23)24-19(2,3)4/h1,6-9,15H,10-13H2,2-4H3,(H,20,22). The third-order valence-corrected chi connectivity index (χ3v) is 3.84. The van der Waals surface area contributed by atoms with Crippen molar-refractivity contribution >= 4 is 17.7 Å². The van der Waals surface area contributed by atoms with Gasteiger partial charge in [0.25, 0.3) is 0 Å². The van der Waals surface area contributed by atoms with Gasteiger partial charge in [-0.1, -0.05) is 5.92 Å². The topological polar surface area (TPSA) is 58.6 Å². The SMILES string of the molecule is C#Cc1ccc(NC(=O)C2CCN(C(=O)OC(C)(C)C)CC2)cc1. The number of ether oxygens (including phenoxy) is 1. The summed E-state index contributed by atoms with van der Waals surface area (Å²) in [5.74, 6) is 2.42. The zero-order valence-electron chi connectivity index (χ0n) is 14.5. The monoisotopic (exact) mass is 328 g/mol. The van der Waals surface area contributed by atoms with Crippen LogP contribution in [0, 0.1) is 18.3 Å². The molecule has 0 spiro atoms. The van der Waals surface area contributed by atoms with E-state index in [0.717, 1.165) is 11.3 Å². The van der Waals surface area contributed by atoms with E-state index in [9.17, 15) is 9.59 Å². The Bertz CT molecular complexity index is 630. The van der Waals surface area contributed by atoms with Gasteiger partial charge < -0.3 is 15.0 Å². The second kappa shape index (κ2) is 7.39. The predicted octanol–water partition coefficient (Wildman–Crippen LogP) is 3.25. The Balaban J connectivity index is 1.84. The number of amides is 2.